The number of alkyl halides is 3. The Morgan fingerprint density at radius 2 is 1.76 bits per heavy atom. The maximum absolute atomic E-state index is 12.7. The van der Waals surface area contributed by atoms with Gasteiger partial charge in [0.25, 0.3) is 5.91 Å². The van der Waals surface area contributed by atoms with Crippen molar-refractivity contribution in [2.75, 3.05) is 0 Å². The maximum Gasteiger partial charge on any atom is 0.416 e. The fourth-order valence-corrected chi connectivity index (χ4v) is 2.49. The first-order valence-corrected chi connectivity index (χ1v) is 8.53. The molecule has 0 aliphatic rings. The summed E-state index contributed by atoms with van der Waals surface area (Å²) in [7, 11) is 0. The summed E-state index contributed by atoms with van der Waals surface area (Å²) in [6, 6.07) is 3.20. The number of unbranched alkanes of at least 4 members (excludes halogenated alkanes) is 5. The lowest BCUT2D eigenvalue weighted by Crippen LogP contribution is -2.44. The Hall–Kier alpha value is -2.05. The van der Waals surface area contributed by atoms with Gasteiger partial charge in [0, 0.05) is 5.56 Å². The normalized spacial score (nSPS) is 12.6. The van der Waals surface area contributed by atoms with Crippen LogP contribution in [0.25, 0.3) is 0 Å². The quantitative estimate of drug-likeness (QED) is 0.620. The average Bonchev–Trinajstić information content (AvgIpc) is 2.55. The fraction of sp³-hybridized carbons (Fsp3) is 0.556. The molecule has 0 bridgehead atoms. The van der Waals surface area contributed by atoms with Crippen molar-refractivity contribution in [3.05, 3.63) is 35.4 Å². The third-order valence-corrected chi connectivity index (χ3v) is 3.95. The molecule has 0 fully saturated rings. The first kappa shape index (κ1) is 21.0. The summed E-state index contributed by atoms with van der Waals surface area (Å²) in [4.78, 5) is 23.6. The van der Waals surface area contributed by atoms with Gasteiger partial charge < -0.3 is 11.1 Å². The maximum atomic E-state index is 12.7. The van der Waals surface area contributed by atoms with Gasteiger partial charge in [-0.05, 0) is 24.6 Å². The lowest BCUT2D eigenvalue weighted by Gasteiger charge is -2.16. The van der Waals surface area contributed by atoms with E-state index in [2.05, 4.69) is 12.2 Å². The van der Waals surface area contributed by atoms with Crippen molar-refractivity contribution < 1.29 is 22.8 Å². The number of hydrogen-bond acceptors (Lipinski definition) is 2. The molecule has 2 amide bonds. The van der Waals surface area contributed by atoms with E-state index in [9.17, 15) is 22.8 Å². The van der Waals surface area contributed by atoms with Crippen LogP contribution in [0.2, 0.25) is 0 Å². The van der Waals surface area contributed by atoms with E-state index in [-0.39, 0.29) is 5.56 Å². The minimum atomic E-state index is -4.53. The Morgan fingerprint density at radius 1 is 1.12 bits per heavy atom. The molecular formula is C18H25F3N2O2. The van der Waals surface area contributed by atoms with E-state index in [4.69, 9.17) is 5.73 Å². The predicted octanol–water partition coefficient (Wildman–Crippen LogP) is 4.04. The van der Waals surface area contributed by atoms with Gasteiger partial charge in [0.2, 0.25) is 5.91 Å². The highest BCUT2D eigenvalue weighted by Gasteiger charge is 2.31. The summed E-state index contributed by atoms with van der Waals surface area (Å²) >= 11 is 0. The molecule has 0 aliphatic carbocycles. The molecule has 0 saturated heterocycles. The Bertz CT molecular complexity index is 574. The van der Waals surface area contributed by atoms with Crippen LogP contribution in [-0.2, 0) is 11.0 Å². The molecule has 0 saturated carbocycles. The number of benzene rings is 1. The number of carbonyl (C=O) groups excluding carboxylic acids is 2. The van der Waals surface area contributed by atoms with Crippen LogP contribution in [0.4, 0.5) is 13.2 Å². The first-order valence-electron chi connectivity index (χ1n) is 8.53. The molecule has 0 spiro atoms. The van der Waals surface area contributed by atoms with E-state index in [1.807, 2.05) is 0 Å². The van der Waals surface area contributed by atoms with Crippen molar-refractivity contribution >= 4 is 11.8 Å². The van der Waals surface area contributed by atoms with Gasteiger partial charge >= 0.3 is 6.18 Å². The Morgan fingerprint density at radius 3 is 2.36 bits per heavy atom. The van der Waals surface area contributed by atoms with Crippen LogP contribution in [-0.4, -0.2) is 17.9 Å². The zero-order chi connectivity index (χ0) is 18.9. The molecule has 0 aliphatic heterocycles. The van der Waals surface area contributed by atoms with Gasteiger partial charge in [-0.3, -0.25) is 9.59 Å². The lowest BCUT2D eigenvalue weighted by atomic mass is 10.0. The average molecular weight is 358 g/mol. The van der Waals surface area contributed by atoms with Gasteiger partial charge in [-0.25, -0.2) is 0 Å². The minimum Gasteiger partial charge on any atom is -0.368 e. The third-order valence-electron chi connectivity index (χ3n) is 3.95. The smallest absolute Gasteiger partial charge is 0.368 e. The van der Waals surface area contributed by atoms with Crippen molar-refractivity contribution in [1.29, 1.82) is 0 Å². The molecule has 0 aromatic heterocycles. The zero-order valence-corrected chi connectivity index (χ0v) is 14.4. The van der Waals surface area contributed by atoms with E-state index < -0.39 is 29.6 Å². The molecule has 1 rings (SSSR count). The van der Waals surface area contributed by atoms with Gasteiger partial charge in [-0.15, -0.1) is 0 Å². The molecule has 140 valence electrons. The highest BCUT2D eigenvalue weighted by Crippen LogP contribution is 2.29. The molecule has 25 heavy (non-hydrogen) atoms. The van der Waals surface area contributed by atoms with E-state index in [0.29, 0.717) is 6.42 Å². The van der Waals surface area contributed by atoms with Crippen LogP contribution in [0.5, 0.6) is 0 Å². The number of halogens is 3. The molecule has 0 heterocycles. The molecule has 1 aromatic rings. The van der Waals surface area contributed by atoms with E-state index in [0.717, 1.165) is 56.7 Å². The molecule has 1 aromatic carbocycles. The Labute approximate surface area is 146 Å². The van der Waals surface area contributed by atoms with Crippen molar-refractivity contribution in [2.45, 2.75) is 64.1 Å². The number of primary amides is 1. The molecule has 0 unspecified atom stereocenters. The van der Waals surface area contributed by atoms with E-state index >= 15 is 0 Å². The summed E-state index contributed by atoms with van der Waals surface area (Å²) in [6.07, 6.45) is 1.95. The van der Waals surface area contributed by atoms with Gasteiger partial charge in [-0.1, -0.05) is 51.5 Å². The van der Waals surface area contributed by atoms with Crippen molar-refractivity contribution in [3.8, 4) is 0 Å². The largest absolute Gasteiger partial charge is 0.416 e. The van der Waals surface area contributed by atoms with E-state index in [1.165, 1.54) is 6.07 Å². The van der Waals surface area contributed by atoms with Crippen LogP contribution in [0.15, 0.2) is 24.3 Å². The predicted molar refractivity (Wildman–Crippen MR) is 89.9 cm³/mol. The number of nitrogens with two attached hydrogens (primary N) is 1. The molecule has 4 nitrogen and oxygen atoms in total. The molecular weight excluding hydrogens is 333 g/mol. The second-order valence-corrected chi connectivity index (χ2v) is 6.06. The minimum absolute atomic E-state index is 0.149. The summed E-state index contributed by atoms with van der Waals surface area (Å²) in [5.74, 6) is -1.42. The van der Waals surface area contributed by atoms with Crippen LogP contribution in [0, 0.1) is 0 Å². The highest BCUT2D eigenvalue weighted by molar-refractivity contribution is 5.97. The topological polar surface area (TPSA) is 72.2 Å². The van der Waals surface area contributed by atoms with Gasteiger partial charge in [0.15, 0.2) is 0 Å². The summed E-state index contributed by atoms with van der Waals surface area (Å²) in [6.45, 7) is 2.12. The highest BCUT2D eigenvalue weighted by atomic mass is 19.4. The van der Waals surface area contributed by atoms with Crippen molar-refractivity contribution in [3.63, 3.8) is 0 Å². The zero-order valence-electron chi connectivity index (χ0n) is 14.4. The second-order valence-electron chi connectivity index (χ2n) is 6.06. The van der Waals surface area contributed by atoms with Gasteiger partial charge in [0.05, 0.1) is 5.56 Å². The van der Waals surface area contributed by atoms with Crippen LogP contribution < -0.4 is 11.1 Å². The molecule has 7 heteroatoms. The van der Waals surface area contributed by atoms with Crippen molar-refractivity contribution in [2.24, 2.45) is 5.73 Å². The number of rotatable bonds is 10. The number of amides is 2. The van der Waals surface area contributed by atoms with E-state index in [1.54, 1.807) is 0 Å². The summed E-state index contributed by atoms with van der Waals surface area (Å²) < 4.78 is 38.1. The Balaban J connectivity index is 2.60. The third kappa shape index (κ3) is 7.58. The molecule has 0 radical (unpaired) electrons. The lowest BCUT2D eigenvalue weighted by molar-refractivity contribution is -0.137. The standard InChI is InChI=1S/C18H25F3N2O2/c1-2-3-4-5-6-7-11-15(16(22)24)23-17(25)13-9-8-10-14(12-13)18(19,20)21/h8-10,12,15H,2-7,11H2,1H3,(H2,22,24)(H,23,25)/t15-/m1/s1. The van der Waals surface area contributed by atoms with Crippen LogP contribution in [0.1, 0.15) is 67.8 Å². The van der Waals surface area contributed by atoms with Crippen LogP contribution >= 0.6 is 0 Å². The van der Waals surface area contributed by atoms with Crippen LogP contribution in [0.3, 0.4) is 0 Å². The second kappa shape index (κ2) is 10.1. The number of carbonyl (C=O) groups is 2. The van der Waals surface area contributed by atoms with Gasteiger partial charge in [-0.2, -0.15) is 13.2 Å². The number of nitrogens with one attached hydrogen (secondary N) is 1. The summed E-state index contributed by atoms with van der Waals surface area (Å²) in [5.41, 5.74) is 4.23. The number of hydrogen-bond donors (Lipinski definition) is 2. The fourth-order valence-electron chi connectivity index (χ4n) is 2.49. The molecule has 1 atom stereocenters. The van der Waals surface area contributed by atoms with Gasteiger partial charge in [0.1, 0.15) is 6.04 Å². The monoisotopic (exact) mass is 358 g/mol. The Kier molecular flexibility index (Phi) is 8.45. The van der Waals surface area contributed by atoms with Crippen molar-refractivity contribution in [1.82, 2.24) is 5.32 Å². The summed E-state index contributed by atoms with van der Waals surface area (Å²) in [5, 5.41) is 2.43. The molecule has 3 N–H and O–H groups in total. The SMILES string of the molecule is CCCCCCCC[C@@H](NC(=O)c1cccc(C(F)(F)F)c1)C(N)=O. The first-order chi connectivity index (χ1) is 11.8.